The molecule has 6 nitrogen and oxygen atoms in total. The van der Waals surface area contributed by atoms with E-state index in [2.05, 4.69) is 125 Å². The number of carbonyl (C=O) groups excluding carboxylic acids is 1. The molecule has 61 heavy (non-hydrogen) atoms. The van der Waals surface area contributed by atoms with Crippen molar-refractivity contribution in [3.63, 3.8) is 0 Å². The highest BCUT2D eigenvalue weighted by molar-refractivity contribution is 7.86. The summed E-state index contributed by atoms with van der Waals surface area (Å²) in [7, 11) is -3.63. The Labute approximate surface area is 365 Å². The second-order valence-corrected chi connectivity index (χ2v) is 21.2. The van der Waals surface area contributed by atoms with Gasteiger partial charge in [0.25, 0.3) is 10.1 Å². The van der Waals surface area contributed by atoms with Crippen LogP contribution < -0.4 is 0 Å². The Morgan fingerprint density at radius 1 is 0.770 bits per heavy atom. The van der Waals surface area contributed by atoms with Gasteiger partial charge in [0.1, 0.15) is 11.7 Å². The van der Waals surface area contributed by atoms with Gasteiger partial charge in [-0.05, 0) is 120 Å². The largest absolute Gasteiger partial charge is 0.458 e. The molecule has 3 fully saturated rings. The minimum atomic E-state index is -3.63. The van der Waals surface area contributed by atoms with E-state index in [0.29, 0.717) is 41.8 Å². The molecule has 0 heterocycles. The summed E-state index contributed by atoms with van der Waals surface area (Å²) < 4.78 is 45.1. The third-order valence-corrected chi connectivity index (χ3v) is 16.4. The molecular formula is C54H66O6S. The summed E-state index contributed by atoms with van der Waals surface area (Å²) in [5.74, 6) is 1.95. The SMILES string of the molecule is C[C@@H](CCC[C@@H](C)[C@H]1[C@@H](OS(C)(=O)=O)C[C@H]2[C@@H]3CC=C4C[C@H](OC(=O)c5ccccc5)CC[C@]4(C)[C@H]3CC[C@]12C)COC(c1ccccc1)(c1ccccc1)c1ccccc1. The molecule has 4 aliphatic carbocycles. The zero-order chi connectivity index (χ0) is 42.8. The maximum Gasteiger partial charge on any atom is 0.338 e. The molecule has 0 N–H and O–H groups in total. The van der Waals surface area contributed by atoms with Gasteiger partial charge < -0.3 is 9.47 Å². The van der Waals surface area contributed by atoms with Crippen LogP contribution >= 0.6 is 0 Å². The summed E-state index contributed by atoms with van der Waals surface area (Å²) in [6, 6.07) is 41.0. The van der Waals surface area contributed by atoms with Crippen LogP contribution in [0.4, 0.5) is 0 Å². The highest BCUT2D eigenvalue weighted by Crippen LogP contribution is 2.68. The van der Waals surface area contributed by atoms with Crippen LogP contribution in [0, 0.1) is 46.3 Å². The lowest BCUT2D eigenvalue weighted by molar-refractivity contribution is -0.0628. The molecule has 10 atom stereocenters. The van der Waals surface area contributed by atoms with Crippen molar-refractivity contribution in [2.75, 3.05) is 12.9 Å². The number of hydrogen-bond acceptors (Lipinski definition) is 6. The zero-order valence-electron chi connectivity index (χ0n) is 36.9. The van der Waals surface area contributed by atoms with Crippen LogP contribution in [-0.2, 0) is 29.4 Å². The van der Waals surface area contributed by atoms with Crippen molar-refractivity contribution in [1.29, 1.82) is 0 Å². The number of carbonyl (C=O) groups is 1. The van der Waals surface area contributed by atoms with E-state index in [4.69, 9.17) is 13.7 Å². The van der Waals surface area contributed by atoms with Crippen molar-refractivity contribution < 1.29 is 26.9 Å². The van der Waals surface area contributed by atoms with Gasteiger partial charge in [0.05, 0.1) is 24.5 Å². The number of hydrogen-bond donors (Lipinski definition) is 0. The normalized spacial score (nSPS) is 29.6. The second kappa shape index (κ2) is 18.0. The molecule has 7 heteroatoms. The van der Waals surface area contributed by atoms with Gasteiger partial charge in [0.2, 0.25) is 0 Å². The van der Waals surface area contributed by atoms with Crippen molar-refractivity contribution in [3.8, 4) is 0 Å². The fourth-order valence-corrected chi connectivity index (χ4v) is 13.6. The average molecular weight is 843 g/mol. The quantitative estimate of drug-likeness (QED) is 0.0513. The average Bonchev–Trinajstić information content (AvgIpc) is 3.55. The summed E-state index contributed by atoms with van der Waals surface area (Å²) in [4.78, 5) is 13.0. The molecule has 0 unspecified atom stereocenters. The lowest BCUT2D eigenvalue weighted by atomic mass is 9.47. The molecule has 0 aromatic heterocycles. The number of rotatable bonds is 15. The molecular weight excluding hydrogens is 777 g/mol. The molecule has 4 aromatic rings. The van der Waals surface area contributed by atoms with E-state index >= 15 is 0 Å². The Balaban J connectivity index is 0.947. The molecule has 0 amide bonds. The third-order valence-electron chi connectivity index (χ3n) is 15.8. The van der Waals surface area contributed by atoms with Crippen LogP contribution in [0.1, 0.15) is 119 Å². The summed E-state index contributed by atoms with van der Waals surface area (Å²) in [5, 5.41) is 0. The summed E-state index contributed by atoms with van der Waals surface area (Å²) in [5.41, 5.74) is 4.71. The van der Waals surface area contributed by atoms with Gasteiger partial charge in [-0.2, -0.15) is 8.42 Å². The number of fused-ring (bicyclic) bond motifs is 5. The monoisotopic (exact) mass is 842 g/mol. The van der Waals surface area contributed by atoms with Gasteiger partial charge in [-0.1, -0.05) is 161 Å². The fraction of sp³-hybridized carbons (Fsp3) is 0.500. The van der Waals surface area contributed by atoms with E-state index in [1.165, 1.54) is 11.8 Å². The smallest absolute Gasteiger partial charge is 0.338 e. The van der Waals surface area contributed by atoms with E-state index in [1.807, 2.05) is 30.3 Å². The van der Waals surface area contributed by atoms with Gasteiger partial charge in [0.15, 0.2) is 0 Å². The maximum atomic E-state index is 13.0. The highest BCUT2D eigenvalue weighted by atomic mass is 32.2. The molecule has 0 spiro atoms. The molecule has 0 saturated heterocycles. The van der Waals surface area contributed by atoms with Gasteiger partial charge in [-0.15, -0.1) is 0 Å². The van der Waals surface area contributed by atoms with E-state index in [-0.39, 0.29) is 34.9 Å². The van der Waals surface area contributed by atoms with E-state index in [1.54, 1.807) is 0 Å². The lowest BCUT2D eigenvalue weighted by Crippen LogP contribution is -2.51. The Hall–Kier alpha value is -4.04. The summed E-state index contributed by atoms with van der Waals surface area (Å²) in [6.45, 7) is 10.2. The topological polar surface area (TPSA) is 78.9 Å². The van der Waals surface area contributed by atoms with E-state index < -0.39 is 15.7 Å². The minimum Gasteiger partial charge on any atom is -0.458 e. The van der Waals surface area contributed by atoms with Crippen LogP contribution in [0.3, 0.4) is 0 Å². The molecule has 8 rings (SSSR count). The molecule has 3 saturated carbocycles. The van der Waals surface area contributed by atoms with E-state index in [0.717, 1.165) is 80.9 Å². The second-order valence-electron chi connectivity index (χ2n) is 19.6. The van der Waals surface area contributed by atoms with Crippen LogP contribution in [0.15, 0.2) is 133 Å². The standard InChI is InChI=1S/C54H66O6S/c1-38(37-58-54(41-23-12-7-13-24-41,42-25-14-8-15-26-42)43-27-16-9-17-28-43)19-18-20-39(2)50-49(60-61(5,56)57)36-48-46-30-29-44-35-45(59-51(55)40-21-10-6-11-22-40)31-33-52(44,3)47(46)32-34-53(48,50)4/h6-17,21-29,38-39,45-50H,18-20,30-37H2,1-5H3/t38-,39+,45+,46+,47-,48-,49-,50-,52-,53-/m0/s1. The molecule has 324 valence electrons. The maximum absolute atomic E-state index is 13.0. The Morgan fingerprint density at radius 2 is 1.34 bits per heavy atom. The van der Waals surface area contributed by atoms with Crippen LogP contribution in [0.25, 0.3) is 0 Å². The first kappa shape index (κ1) is 43.6. The molecule has 0 aliphatic heterocycles. The molecule has 4 aromatic carbocycles. The molecule has 4 aliphatic rings. The fourth-order valence-electron chi connectivity index (χ4n) is 13.0. The third kappa shape index (κ3) is 8.81. The molecule has 0 radical (unpaired) electrons. The first-order chi connectivity index (χ1) is 29.3. The summed E-state index contributed by atoms with van der Waals surface area (Å²) >= 11 is 0. The number of ether oxygens (including phenoxy) is 2. The van der Waals surface area contributed by atoms with Gasteiger partial charge in [-0.25, -0.2) is 4.79 Å². The van der Waals surface area contributed by atoms with E-state index in [9.17, 15) is 13.2 Å². The molecule has 0 bridgehead atoms. The number of esters is 1. The predicted octanol–water partition coefficient (Wildman–Crippen LogP) is 12.2. The first-order valence-corrected chi connectivity index (χ1v) is 24.8. The Morgan fingerprint density at radius 3 is 1.92 bits per heavy atom. The summed E-state index contributed by atoms with van der Waals surface area (Å²) in [6.07, 6.45) is 13.0. The van der Waals surface area contributed by atoms with Gasteiger partial charge in [-0.3, -0.25) is 4.18 Å². The Kier molecular flexibility index (Phi) is 12.9. The first-order valence-electron chi connectivity index (χ1n) is 23.0. The minimum absolute atomic E-state index is 0.00452. The van der Waals surface area contributed by atoms with Gasteiger partial charge >= 0.3 is 5.97 Å². The predicted molar refractivity (Wildman–Crippen MR) is 243 cm³/mol. The van der Waals surface area contributed by atoms with Crippen LogP contribution in [0.2, 0.25) is 0 Å². The zero-order valence-corrected chi connectivity index (χ0v) is 37.7. The lowest BCUT2D eigenvalue weighted by Gasteiger charge is -2.58. The van der Waals surface area contributed by atoms with Crippen molar-refractivity contribution >= 4 is 16.1 Å². The van der Waals surface area contributed by atoms with Crippen molar-refractivity contribution in [2.45, 2.75) is 110 Å². The number of allylic oxidation sites excluding steroid dienone is 1. The van der Waals surface area contributed by atoms with Crippen LogP contribution in [-0.4, -0.2) is 39.5 Å². The highest BCUT2D eigenvalue weighted by Gasteiger charge is 2.62. The van der Waals surface area contributed by atoms with Crippen molar-refractivity contribution in [1.82, 2.24) is 0 Å². The van der Waals surface area contributed by atoms with Crippen molar-refractivity contribution in [2.24, 2.45) is 46.3 Å². The number of benzene rings is 4. The Bertz CT molecular complexity index is 2130. The van der Waals surface area contributed by atoms with Crippen LogP contribution in [0.5, 0.6) is 0 Å². The van der Waals surface area contributed by atoms with Crippen molar-refractivity contribution in [3.05, 3.63) is 155 Å². The van der Waals surface area contributed by atoms with Gasteiger partial charge in [0, 0.05) is 6.42 Å².